The summed E-state index contributed by atoms with van der Waals surface area (Å²) < 4.78 is 5.29. The lowest BCUT2D eigenvalue weighted by atomic mass is 10.1. The third kappa shape index (κ3) is 3.63. The largest absolute Gasteiger partial charge is 0.492 e. The zero-order valence-electron chi connectivity index (χ0n) is 9.79. The standard InChI is InChI=1S/C11H13NO5S/c1-2-18-7-6-17-9-5-3-4-8(12(15)16)10(9)11(13)14/h3-5H,2,6-7H2,1H3,(H,13,14). The van der Waals surface area contributed by atoms with E-state index in [9.17, 15) is 14.9 Å². The third-order valence-electron chi connectivity index (χ3n) is 2.10. The molecule has 0 amide bonds. The first-order valence-corrected chi connectivity index (χ1v) is 6.44. The molecule has 0 unspecified atom stereocenters. The smallest absolute Gasteiger partial charge is 0.346 e. The van der Waals surface area contributed by atoms with Crippen molar-refractivity contribution in [2.45, 2.75) is 6.92 Å². The van der Waals surface area contributed by atoms with Crippen molar-refractivity contribution in [2.75, 3.05) is 18.1 Å². The van der Waals surface area contributed by atoms with Crippen LogP contribution in [0.1, 0.15) is 17.3 Å². The van der Waals surface area contributed by atoms with Crippen LogP contribution in [0.4, 0.5) is 5.69 Å². The molecule has 0 saturated carbocycles. The molecule has 0 aliphatic heterocycles. The van der Waals surface area contributed by atoms with Gasteiger partial charge >= 0.3 is 5.97 Å². The van der Waals surface area contributed by atoms with E-state index in [-0.39, 0.29) is 5.75 Å². The Balaban J connectivity index is 2.93. The highest BCUT2D eigenvalue weighted by Gasteiger charge is 2.24. The molecular formula is C11H13NO5S. The molecule has 1 aromatic rings. The molecule has 6 nitrogen and oxygen atoms in total. The van der Waals surface area contributed by atoms with Crippen LogP contribution >= 0.6 is 11.8 Å². The molecule has 0 fully saturated rings. The molecule has 18 heavy (non-hydrogen) atoms. The van der Waals surface area contributed by atoms with Crippen molar-refractivity contribution < 1.29 is 19.6 Å². The van der Waals surface area contributed by atoms with E-state index in [2.05, 4.69) is 0 Å². The lowest BCUT2D eigenvalue weighted by Gasteiger charge is -2.08. The number of carboxylic acid groups (broad SMARTS) is 1. The van der Waals surface area contributed by atoms with Gasteiger partial charge < -0.3 is 9.84 Å². The predicted octanol–water partition coefficient (Wildman–Crippen LogP) is 2.42. The van der Waals surface area contributed by atoms with Crippen molar-refractivity contribution in [2.24, 2.45) is 0 Å². The van der Waals surface area contributed by atoms with Crippen LogP contribution in [0.3, 0.4) is 0 Å². The first kappa shape index (κ1) is 14.3. The van der Waals surface area contributed by atoms with Gasteiger partial charge in [0.25, 0.3) is 5.69 Å². The normalized spacial score (nSPS) is 10.1. The predicted molar refractivity (Wildman–Crippen MR) is 68.5 cm³/mol. The number of nitro benzene ring substituents is 1. The van der Waals surface area contributed by atoms with Gasteiger partial charge in [-0.2, -0.15) is 11.8 Å². The molecule has 0 radical (unpaired) electrons. The van der Waals surface area contributed by atoms with Crippen molar-refractivity contribution >= 4 is 23.4 Å². The van der Waals surface area contributed by atoms with Crippen LogP contribution in [0.15, 0.2) is 18.2 Å². The Morgan fingerprint density at radius 3 is 2.83 bits per heavy atom. The number of benzene rings is 1. The lowest BCUT2D eigenvalue weighted by Crippen LogP contribution is -2.08. The Bertz CT molecular complexity index is 449. The number of aromatic carboxylic acids is 1. The summed E-state index contributed by atoms with van der Waals surface area (Å²) in [6, 6.07) is 3.98. The number of nitro groups is 1. The Morgan fingerprint density at radius 1 is 1.56 bits per heavy atom. The molecule has 0 saturated heterocycles. The zero-order chi connectivity index (χ0) is 13.5. The second-order valence-electron chi connectivity index (χ2n) is 3.26. The van der Waals surface area contributed by atoms with Crippen LogP contribution in [0.2, 0.25) is 0 Å². The van der Waals surface area contributed by atoms with Crippen LogP contribution in [-0.2, 0) is 0 Å². The van der Waals surface area contributed by atoms with E-state index < -0.39 is 22.1 Å². The minimum absolute atomic E-state index is 0.0356. The quantitative estimate of drug-likeness (QED) is 0.465. The van der Waals surface area contributed by atoms with Crippen LogP contribution in [-0.4, -0.2) is 34.1 Å². The fourth-order valence-electron chi connectivity index (χ4n) is 1.36. The number of rotatable bonds is 7. The lowest BCUT2D eigenvalue weighted by molar-refractivity contribution is -0.385. The van der Waals surface area contributed by atoms with Gasteiger partial charge in [-0.15, -0.1) is 0 Å². The molecule has 0 aromatic heterocycles. The zero-order valence-corrected chi connectivity index (χ0v) is 10.6. The Hall–Kier alpha value is -1.76. The highest BCUT2D eigenvalue weighted by molar-refractivity contribution is 7.99. The summed E-state index contributed by atoms with van der Waals surface area (Å²) in [5, 5.41) is 19.7. The van der Waals surface area contributed by atoms with E-state index in [4.69, 9.17) is 9.84 Å². The number of hydrogen-bond donors (Lipinski definition) is 1. The van der Waals surface area contributed by atoms with Crippen LogP contribution in [0, 0.1) is 10.1 Å². The second kappa shape index (κ2) is 6.85. The molecule has 7 heteroatoms. The molecule has 0 heterocycles. The Kier molecular flexibility index (Phi) is 5.44. The SMILES string of the molecule is CCSCCOc1cccc([N+](=O)[O-])c1C(=O)O. The number of thioether (sulfide) groups is 1. The minimum atomic E-state index is -1.36. The monoisotopic (exact) mass is 271 g/mol. The molecule has 0 bridgehead atoms. The van der Waals surface area contributed by atoms with Crippen molar-refractivity contribution in [3.63, 3.8) is 0 Å². The summed E-state index contributed by atoms with van der Waals surface area (Å²) in [5.74, 6) is 0.316. The molecule has 0 atom stereocenters. The highest BCUT2D eigenvalue weighted by Crippen LogP contribution is 2.28. The minimum Gasteiger partial charge on any atom is -0.492 e. The molecule has 98 valence electrons. The number of carbonyl (C=O) groups is 1. The summed E-state index contributed by atoms with van der Waals surface area (Å²) in [6.45, 7) is 2.32. The van der Waals surface area contributed by atoms with E-state index in [1.165, 1.54) is 12.1 Å². The van der Waals surface area contributed by atoms with Crippen molar-refractivity contribution in [1.82, 2.24) is 0 Å². The van der Waals surface area contributed by atoms with Gasteiger partial charge in [0.2, 0.25) is 0 Å². The average molecular weight is 271 g/mol. The number of ether oxygens (including phenoxy) is 1. The summed E-state index contributed by atoms with van der Waals surface area (Å²) in [5.41, 5.74) is -0.854. The van der Waals surface area contributed by atoms with E-state index >= 15 is 0 Å². The Labute approximate surface area is 108 Å². The fraction of sp³-hybridized carbons (Fsp3) is 0.364. The maximum atomic E-state index is 11.0. The van der Waals surface area contributed by atoms with Gasteiger partial charge in [0, 0.05) is 11.8 Å². The van der Waals surface area contributed by atoms with Gasteiger partial charge in [-0.25, -0.2) is 4.79 Å². The van der Waals surface area contributed by atoms with Crippen molar-refractivity contribution in [3.8, 4) is 5.75 Å². The third-order valence-corrected chi connectivity index (χ3v) is 2.97. The number of nitrogens with zero attached hydrogens (tertiary/aromatic N) is 1. The van der Waals surface area contributed by atoms with E-state index in [0.717, 1.165) is 11.8 Å². The van der Waals surface area contributed by atoms with Gasteiger partial charge in [-0.1, -0.05) is 13.0 Å². The van der Waals surface area contributed by atoms with Crippen LogP contribution in [0.25, 0.3) is 0 Å². The molecule has 0 aliphatic rings. The van der Waals surface area contributed by atoms with E-state index in [1.807, 2.05) is 6.92 Å². The number of hydrogen-bond acceptors (Lipinski definition) is 5. The summed E-state index contributed by atoms with van der Waals surface area (Å²) >= 11 is 1.65. The second-order valence-corrected chi connectivity index (χ2v) is 4.65. The van der Waals surface area contributed by atoms with Crippen LogP contribution in [0.5, 0.6) is 5.75 Å². The van der Waals surface area contributed by atoms with Gasteiger partial charge in [-0.3, -0.25) is 10.1 Å². The summed E-state index contributed by atoms with van der Waals surface area (Å²) in [6.07, 6.45) is 0. The molecule has 0 spiro atoms. The van der Waals surface area contributed by atoms with Gasteiger partial charge in [0.15, 0.2) is 5.56 Å². The highest BCUT2D eigenvalue weighted by atomic mass is 32.2. The molecule has 0 aliphatic carbocycles. The maximum Gasteiger partial charge on any atom is 0.346 e. The number of carboxylic acids is 1. The maximum absolute atomic E-state index is 11.0. The van der Waals surface area contributed by atoms with Crippen molar-refractivity contribution in [3.05, 3.63) is 33.9 Å². The van der Waals surface area contributed by atoms with Crippen molar-refractivity contribution in [1.29, 1.82) is 0 Å². The van der Waals surface area contributed by atoms with Crippen LogP contribution < -0.4 is 4.74 Å². The van der Waals surface area contributed by atoms with Gasteiger partial charge in [0.05, 0.1) is 11.5 Å². The Morgan fingerprint density at radius 2 is 2.28 bits per heavy atom. The van der Waals surface area contributed by atoms with Gasteiger partial charge in [-0.05, 0) is 11.8 Å². The topological polar surface area (TPSA) is 89.7 Å². The van der Waals surface area contributed by atoms with E-state index in [0.29, 0.717) is 12.4 Å². The van der Waals surface area contributed by atoms with Gasteiger partial charge in [0.1, 0.15) is 5.75 Å². The first-order chi connectivity index (χ1) is 8.57. The fourth-order valence-corrected chi connectivity index (χ4v) is 1.85. The average Bonchev–Trinajstić information content (AvgIpc) is 2.33. The van der Waals surface area contributed by atoms with E-state index in [1.54, 1.807) is 11.8 Å². The molecule has 1 N–H and O–H groups in total. The molecule has 1 aromatic carbocycles. The molecule has 1 rings (SSSR count). The summed E-state index contributed by atoms with van der Waals surface area (Å²) in [7, 11) is 0. The summed E-state index contributed by atoms with van der Waals surface area (Å²) in [4.78, 5) is 21.1. The molecular weight excluding hydrogens is 258 g/mol. The first-order valence-electron chi connectivity index (χ1n) is 5.29.